The fourth-order valence-corrected chi connectivity index (χ4v) is 3.90. The van der Waals surface area contributed by atoms with Crippen LogP contribution in [0.5, 0.6) is 5.75 Å². The topological polar surface area (TPSA) is 83.7 Å². The second-order valence-electron chi connectivity index (χ2n) is 7.25. The summed E-state index contributed by atoms with van der Waals surface area (Å²) in [6.45, 7) is 3.89. The number of likely N-dealkylation sites (N-methyl/N-ethyl adjacent to an activating group) is 1. The monoisotopic (exact) mass is 439 g/mol. The molecule has 3 aromatic rings. The summed E-state index contributed by atoms with van der Waals surface area (Å²) >= 11 is 1.22. The van der Waals surface area contributed by atoms with E-state index in [2.05, 4.69) is 32.4 Å². The molecule has 1 saturated heterocycles. The Hall–Kier alpha value is -3.04. The van der Waals surface area contributed by atoms with Gasteiger partial charge in [0.15, 0.2) is 0 Å². The van der Waals surface area contributed by atoms with Gasteiger partial charge in [-0.05, 0) is 43.4 Å². The van der Waals surface area contributed by atoms with Crippen molar-refractivity contribution in [2.75, 3.05) is 56.3 Å². The van der Waals surface area contributed by atoms with Gasteiger partial charge in [-0.3, -0.25) is 4.79 Å². The molecule has 4 rings (SSSR count). The number of nitrogens with one attached hydrogen (secondary N) is 1. The van der Waals surface area contributed by atoms with Crippen molar-refractivity contribution in [3.8, 4) is 17.2 Å². The first-order valence-corrected chi connectivity index (χ1v) is 11.0. The molecule has 162 valence electrons. The summed E-state index contributed by atoms with van der Waals surface area (Å²) in [5.41, 5.74) is 2.67. The number of benzene rings is 2. The Morgan fingerprint density at radius 2 is 1.84 bits per heavy atom. The van der Waals surface area contributed by atoms with Gasteiger partial charge < -0.3 is 24.3 Å². The van der Waals surface area contributed by atoms with E-state index < -0.39 is 0 Å². The number of thioether (sulfide) groups is 1. The predicted octanol–water partition coefficient (Wildman–Crippen LogP) is 3.23. The number of hydrogen-bond acceptors (Lipinski definition) is 8. The van der Waals surface area contributed by atoms with Crippen molar-refractivity contribution in [2.45, 2.75) is 5.22 Å². The molecule has 1 fully saturated rings. The number of para-hydroxylation sites is 2. The molecule has 0 atom stereocenters. The van der Waals surface area contributed by atoms with E-state index in [9.17, 15) is 4.79 Å². The van der Waals surface area contributed by atoms with Gasteiger partial charge in [0.1, 0.15) is 5.75 Å². The number of piperazine rings is 1. The van der Waals surface area contributed by atoms with Crippen LogP contribution in [0, 0.1) is 0 Å². The third-order valence-corrected chi connectivity index (χ3v) is 5.91. The first kappa shape index (κ1) is 21.2. The van der Waals surface area contributed by atoms with E-state index in [0.717, 1.165) is 48.9 Å². The van der Waals surface area contributed by atoms with Crippen LogP contribution in [-0.4, -0.2) is 67.1 Å². The van der Waals surface area contributed by atoms with Gasteiger partial charge >= 0.3 is 0 Å². The van der Waals surface area contributed by atoms with E-state index in [0.29, 0.717) is 11.1 Å². The van der Waals surface area contributed by atoms with E-state index in [1.807, 2.05) is 48.5 Å². The summed E-state index contributed by atoms with van der Waals surface area (Å²) in [5.74, 6) is 1.23. The predicted molar refractivity (Wildman–Crippen MR) is 122 cm³/mol. The number of rotatable bonds is 7. The molecule has 0 unspecified atom stereocenters. The number of methoxy groups -OCH3 is 1. The first-order chi connectivity index (χ1) is 15.1. The number of carbonyl (C=O) groups excluding carboxylic acids is 1. The molecule has 9 heteroatoms. The molecule has 2 aromatic carbocycles. The number of amides is 1. The Balaban J connectivity index is 1.34. The Morgan fingerprint density at radius 1 is 1.10 bits per heavy atom. The third kappa shape index (κ3) is 5.36. The number of ether oxygens (including phenoxy) is 1. The van der Waals surface area contributed by atoms with E-state index in [-0.39, 0.29) is 11.7 Å². The van der Waals surface area contributed by atoms with Crippen molar-refractivity contribution >= 4 is 29.0 Å². The third-order valence-electron chi connectivity index (χ3n) is 5.09. The molecule has 0 radical (unpaired) electrons. The molecule has 31 heavy (non-hydrogen) atoms. The van der Waals surface area contributed by atoms with Gasteiger partial charge in [0.05, 0.1) is 24.2 Å². The smallest absolute Gasteiger partial charge is 0.277 e. The Morgan fingerprint density at radius 3 is 2.58 bits per heavy atom. The highest BCUT2D eigenvalue weighted by atomic mass is 32.2. The van der Waals surface area contributed by atoms with Crippen molar-refractivity contribution in [1.82, 2.24) is 15.1 Å². The standard InChI is InChI=1S/C22H25N5O3S/c1-26-11-13-27(14-12-26)19-6-4-3-5-18(19)23-20(28)15-31-22-25-24-21(30-22)16-7-9-17(29-2)10-8-16/h3-10H,11-15H2,1-2H3,(H,23,28). The number of nitrogens with zero attached hydrogens (tertiary/aromatic N) is 4. The van der Waals surface area contributed by atoms with E-state index in [1.165, 1.54) is 11.8 Å². The lowest BCUT2D eigenvalue weighted by molar-refractivity contribution is -0.113. The quantitative estimate of drug-likeness (QED) is 0.562. The highest BCUT2D eigenvalue weighted by molar-refractivity contribution is 7.99. The fraction of sp³-hybridized carbons (Fsp3) is 0.318. The molecular formula is C22H25N5O3S. The van der Waals surface area contributed by atoms with Gasteiger partial charge in [0.2, 0.25) is 11.8 Å². The Labute approximate surface area is 185 Å². The van der Waals surface area contributed by atoms with Gasteiger partial charge in [-0.2, -0.15) is 0 Å². The number of aromatic nitrogens is 2. The first-order valence-electron chi connectivity index (χ1n) is 10.1. The van der Waals surface area contributed by atoms with Gasteiger partial charge in [0.25, 0.3) is 5.22 Å². The lowest BCUT2D eigenvalue weighted by Gasteiger charge is -2.35. The summed E-state index contributed by atoms with van der Waals surface area (Å²) in [7, 11) is 3.74. The summed E-state index contributed by atoms with van der Waals surface area (Å²) in [6.07, 6.45) is 0. The van der Waals surface area contributed by atoms with Crippen LogP contribution in [0.2, 0.25) is 0 Å². The Kier molecular flexibility index (Phi) is 6.73. The average molecular weight is 440 g/mol. The summed E-state index contributed by atoms with van der Waals surface area (Å²) < 4.78 is 10.8. The summed E-state index contributed by atoms with van der Waals surface area (Å²) in [6, 6.07) is 15.3. The number of carbonyl (C=O) groups is 1. The summed E-state index contributed by atoms with van der Waals surface area (Å²) in [5, 5.41) is 11.5. The van der Waals surface area contributed by atoms with Crippen LogP contribution in [-0.2, 0) is 4.79 Å². The molecule has 0 bridgehead atoms. The zero-order chi connectivity index (χ0) is 21.6. The highest BCUT2D eigenvalue weighted by Crippen LogP contribution is 2.28. The highest BCUT2D eigenvalue weighted by Gasteiger charge is 2.18. The van der Waals surface area contributed by atoms with Crippen LogP contribution in [0.15, 0.2) is 58.2 Å². The van der Waals surface area contributed by atoms with E-state index >= 15 is 0 Å². The second kappa shape index (κ2) is 9.84. The zero-order valence-corrected chi connectivity index (χ0v) is 18.4. The fourth-order valence-electron chi connectivity index (χ4n) is 3.33. The molecule has 0 spiro atoms. The van der Waals surface area contributed by atoms with Crippen molar-refractivity contribution in [2.24, 2.45) is 0 Å². The molecule has 1 N–H and O–H groups in total. The molecule has 1 amide bonds. The van der Waals surface area contributed by atoms with Crippen LogP contribution in [0.3, 0.4) is 0 Å². The minimum absolute atomic E-state index is 0.115. The zero-order valence-electron chi connectivity index (χ0n) is 17.6. The van der Waals surface area contributed by atoms with Crippen molar-refractivity contribution in [1.29, 1.82) is 0 Å². The van der Waals surface area contributed by atoms with Crippen LogP contribution in [0.1, 0.15) is 0 Å². The minimum atomic E-state index is -0.115. The van der Waals surface area contributed by atoms with Crippen molar-refractivity contribution in [3.63, 3.8) is 0 Å². The maximum absolute atomic E-state index is 12.6. The maximum Gasteiger partial charge on any atom is 0.277 e. The second-order valence-corrected chi connectivity index (χ2v) is 8.17. The normalized spacial score (nSPS) is 14.5. The molecule has 1 aliphatic heterocycles. The van der Waals surface area contributed by atoms with Crippen LogP contribution >= 0.6 is 11.8 Å². The molecule has 0 aliphatic carbocycles. The largest absolute Gasteiger partial charge is 0.497 e. The van der Waals surface area contributed by atoms with Crippen LogP contribution in [0.25, 0.3) is 11.5 Å². The lowest BCUT2D eigenvalue weighted by atomic mass is 10.2. The molecule has 1 aromatic heterocycles. The van der Waals surface area contributed by atoms with Gasteiger partial charge in [-0.25, -0.2) is 0 Å². The van der Waals surface area contributed by atoms with E-state index in [4.69, 9.17) is 9.15 Å². The van der Waals surface area contributed by atoms with Crippen molar-refractivity contribution in [3.05, 3.63) is 48.5 Å². The van der Waals surface area contributed by atoms with Gasteiger partial charge in [-0.15, -0.1) is 10.2 Å². The lowest BCUT2D eigenvalue weighted by Crippen LogP contribution is -2.44. The molecular weight excluding hydrogens is 414 g/mol. The van der Waals surface area contributed by atoms with Crippen LogP contribution in [0.4, 0.5) is 11.4 Å². The maximum atomic E-state index is 12.6. The molecule has 0 saturated carbocycles. The molecule has 1 aliphatic rings. The average Bonchev–Trinajstić information content (AvgIpc) is 3.28. The summed E-state index contributed by atoms with van der Waals surface area (Å²) in [4.78, 5) is 17.2. The number of hydrogen-bond donors (Lipinski definition) is 1. The SMILES string of the molecule is COc1ccc(-c2nnc(SCC(=O)Nc3ccccc3N3CCN(C)CC3)o2)cc1. The molecule has 8 nitrogen and oxygen atoms in total. The van der Waals surface area contributed by atoms with Crippen molar-refractivity contribution < 1.29 is 13.9 Å². The minimum Gasteiger partial charge on any atom is -0.497 e. The Bertz CT molecular complexity index is 1020. The van der Waals surface area contributed by atoms with Gasteiger partial charge in [-0.1, -0.05) is 23.9 Å². The van der Waals surface area contributed by atoms with Crippen LogP contribution < -0.4 is 15.0 Å². The van der Waals surface area contributed by atoms with Gasteiger partial charge in [0, 0.05) is 31.7 Å². The molecule has 2 heterocycles. The number of anilines is 2. The van der Waals surface area contributed by atoms with E-state index in [1.54, 1.807) is 7.11 Å².